The van der Waals surface area contributed by atoms with Crippen LogP contribution in [0, 0.1) is 0 Å². The van der Waals surface area contributed by atoms with Gasteiger partial charge in [0.25, 0.3) is 10.0 Å². The molecule has 0 unspecified atom stereocenters. The summed E-state index contributed by atoms with van der Waals surface area (Å²) in [5.74, 6) is 0.579. The molecule has 1 aliphatic heterocycles. The Morgan fingerprint density at radius 1 is 1.43 bits per heavy atom. The van der Waals surface area contributed by atoms with Crippen LogP contribution in [0.4, 0.5) is 11.5 Å². The van der Waals surface area contributed by atoms with Gasteiger partial charge in [0.1, 0.15) is 16.5 Å². The molecular formula is C13H16N4O3S. The molecule has 112 valence electrons. The van der Waals surface area contributed by atoms with E-state index in [4.69, 9.17) is 10.5 Å². The van der Waals surface area contributed by atoms with Crippen molar-refractivity contribution in [2.45, 2.75) is 17.7 Å². The quantitative estimate of drug-likeness (QED) is 0.885. The van der Waals surface area contributed by atoms with E-state index in [1.165, 1.54) is 17.6 Å². The summed E-state index contributed by atoms with van der Waals surface area (Å²) in [7, 11) is -2.23. The highest BCUT2D eigenvalue weighted by molar-refractivity contribution is 7.93. The number of nitrogen functional groups attached to an aromatic ring is 1. The van der Waals surface area contributed by atoms with Gasteiger partial charge in [0, 0.05) is 6.54 Å². The van der Waals surface area contributed by atoms with E-state index >= 15 is 0 Å². The van der Waals surface area contributed by atoms with E-state index in [9.17, 15) is 8.42 Å². The zero-order valence-corrected chi connectivity index (χ0v) is 12.4. The van der Waals surface area contributed by atoms with E-state index < -0.39 is 10.0 Å². The maximum absolute atomic E-state index is 12.8. The summed E-state index contributed by atoms with van der Waals surface area (Å²) in [5, 5.41) is 6.15. The highest BCUT2D eigenvalue weighted by Gasteiger charge is 2.33. The van der Waals surface area contributed by atoms with Crippen LogP contribution in [0.5, 0.6) is 5.75 Å². The van der Waals surface area contributed by atoms with E-state index in [2.05, 4.69) is 10.2 Å². The zero-order chi connectivity index (χ0) is 15.0. The van der Waals surface area contributed by atoms with Gasteiger partial charge in [-0.2, -0.15) is 5.10 Å². The second-order valence-electron chi connectivity index (χ2n) is 4.80. The van der Waals surface area contributed by atoms with Gasteiger partial charge in [-0.3, -0.25) is 9.40 Å². The maximum Gasteiger partial charge on any atom is 0.269 e. The van der Waals surface area contributed by atoms with Crippen molar-refractivity contribution in [3.8, 4) is 5.75 Å². The molecule has 0 bridgehead atoms. The van der Waals surface area contributed by atoms with Crippen LogP contribution >= 0.6 is 0 Å². The van der Waals surface area contributed by atoms with Gasteiger partial charge in [-0.25, -0.2) is 8.42 Å². The van der Waals surface area contributed by atoms with Gasteiger partial charge in [-0.1, -0.05) is 12.1 Å². The number of anilines is 2. The summed E-state index contributed by atoms with van der Waals surface area (Å²) in [4.78, 5) is -0.0127. The number of sulfonamides is 1. The molecule has 21 heavy (non-hydrogen) atoms. The van der Waals surface area contributed by atoms with E-state index in [-0.39, 0.29) is 10.7 Å². The van der Waals surface area contributed by atoms with Crippen LogP contribution < -0.4 is 14.8 Å². The lowest BCUT2D eigenvalue weighted by molar-refractivity contribution is 0.414. The first-order valence-corrected chi connectivity index (χ1v) is 7.97. The molecule has 0 saturated carbocycles. The second kappa shape index (κ2) is 4.96. The monoisotopic (exact) mass is 308 g/mol. The molecule has 0 radical (unpaired) electrons. The smallest absolute Gasteiger partial charge is 0.269 e. The Labute approximate surface area is 122 Å². The first-order valence-electron chi connectivity index (χ1n) is 6.53. The number of rotatable bonds is 3. The fraction of sp³-hybridized carbons (Fsp3) is 0.308. The van der Waals surface area contributed by atoms with Crippen molar-refractivity contribution < 1.29 is 13.2 Å². The third-order valence-corrected chi connectivity index (χ3v) is 5.39. The average Bonchev–Trinajstić information content (AvgIpc) is 2.92. The van der Waals surface area contributed by atoms with Gasteiger partial charge in [-0.05, 0) is 24.5 Å². The van der Waals surface area contributed by atoms with Crippen LogP contribution in [0.2, 0.25) is 0 Å². The SMILES string of the molecule is COc1cccc2c1N(S(=O)(=O)c1cn[nH]c1N)CCC2. The van der Waals surface area contributed by atoms with Crippen molar-refractivity contribution in [1.82, 2.24) is 10.2 Å². The standard InChI is InChI=1S/C13H16N4O3S/c1-20-10-6-2-4-9-5-3-7-17(12(9)10)21(18,19)11-8-15-16-13(11)14/h2,4,6,8H,3,5,7H2,1H3,(H3,14,15,16). The van der Waals surface area contributed by atoms with Crippen LogP contribution in [0.3, 0.4) is 0 Å². The molecule has 0 atom stereocenters. The zero-order valence-electron chi connectivity index (χ0n) is 11.5. The summed E-state index contributed by atoms with van der Waals surface area (Å²) in [5.41, 5.74) is 7.21. The maximum atomic E-state index is 12.8. The fourth-order valence-corrected chi connectivity index (χ4v) is 4.16. The number of methoxy groups -OCH3 is 1. The van der Waals surface area contributed by atoms with Crippen molar-refractivity contribution >= 4 is 21.5 Å². The summed E-state index contributed by atoms with van der Waals surface area (Å²) >= 11 is 0. The number of hydrogen-bond donors (Lipinski definition) is 2. The number of aromatic amines is 1. The molecule has 0 fully saturated rings. The molecule has 1 aromatic heterocycles. The number of fused-ring (bicyclic) bond motifs is 1. The molecule has 8 heteroatoms. The first kappa shape index (κ1) is 13.7. The van der Waals surface area contributed by atoms with Crippen molar-refractivity contribution in [2.75, 3.05) is 23.7 Å². The minimum absolute atomic E-state index is 0.0127. The highest BCUT2D eigenvalue weighted by atomic mass is 32.2. The summed E-state index contributed by atoms with van der Waals surface area (Å²) in [6.07, 6.45) is 2.80. The first-order chi connectivity index (χ1) is 10.1. The number of hydrogen-bond acceptors (Lipinski definition) is 5. The summed E-state index contributed by atoms with van der Waals surface area (Å²) < 4.78 is 32.3. The van der Waals surface area contributed by atoms with Gasteiger partial charge in [0.15, 0.2) is 0 Å². The van der Waals surface area contributed by atoms with Crippen LogP contribution in [0.25, 0.3) is 0 Å². The van der Waals surface area contributed by atoms with Crippen molar-refractivity contribution in [3.63, 3.8) is 0 Å². The van der Waals surface area contributed by atoms with Crippen LogP contribution in [-0.2, 0) is 16.4 Å². The van der Waals surface area contributed by atoms with Gasteiger partial charge in [0.05, 0.1) is 19.0 Å². The Morgan fingerprint density at radius 2 is 2.24 bits per heavy atom. The average molecular weight is 308 g/mol. The van der Waals surface area contributed by atoms with E-state index in [1.54, 1.807) is 6.07 Å². The third kappa shape index (κ3) is 2.11. The summed E-state index contributed by atoms with van der Waals surface area (Å²) in [6, 6.07) is 5.53. The normalized spacial score (nSPS) is 14.8. The number of benzene rings is 1. The number of aromatic nitrogens is 2. The highest BCUT2D eigenvalue weighted by Crippen LogP contribution is 2.39. The number of H-pyrrole nitrogens is 1. The van der Waals surface area contributed by atoms with Gasteiger partial charge < -0.3 is 10.5 Å². The fourth-order valence-electron chi connectivity index (χ4n) is 2.59. The number of nitrogens with two attached hydrogens (primary N) is 1. The van der Waals surface area contributed by atoms with Gasteiger partial charge in [-0.15, -0.1) is 0 Å². The van der Waals surface area contributed by atoms with Crippen molar-refractivity contribution in [1.29, 1.82) is 0 Å². The Kier molecular flexibility index (Phi) is 3.25. The Hall–Kier alpha value is -2.22. The van der Waals surface area contributed by atoms with Crippen LogP contribution in [0.1, 0.15) is 12.0 Å². The molecule has 1 aliphatic rings. The van der Waals surface area contributed by atoms with Crippen molar-refractivity contribution in [3.05, 3.63) is 30.0 Å². The van der Waals surface area contributed by atoms with Gasteiger partial charge >= 0.3 is 0 Å². The number of para-hydroxylation sites is 1. The lowest BCUT2D eigenvalue weighted by atomic mass is 10.0. The lowest BCUT2D eigenvalue weighted by Crippen LogP contribution is -2.36. The molecule has 2 aromatic rings. The molecular weight excluding hydrogens is 292 g/mol. The second-order valence-corrected chi connectivity index (χ2v) is 6.63. The predicted octanol–water partition coefficient (Wildman–Crippen LogP) is 1.14. The molecule has 7 nitrogen and oxygen atoms in total. The van der Waals surface area contributed by atoms with Gasteiger partial charge in [0.2, 0.25) is 0 Å². The lowest BCUT2D eigenvalue weighted by Gasteiger charge is -2.31. The molecule has 0 spiro atoms. The molecule has 2 heterocycles. The molecule has 0 aliphatic carbocycles. The largest absolute Gasteiger partial charge is 0.495 e. The molecule has 3 rings (SSSR count). The molecule has 1 aromatic carbocycles. The van der Waals surface area contributed by atoms with E-state index in [0.29, 0.717) is 18.0 Å². The minimum Gasteiger partial charge on any atom is -0.495 e. The number of nitrogens with one attached hydrogen (secondary N) is 1. The molecule has 0 amide bonds. The topological polar surface area (TPSA) is 101 Å². The summed E-state index contributed by atoms with van der Waals surface area (Å²) in [6.45, 7) is 0.389. The van der Waals surface area contributed by atoms with Crippen molar-refractivity contribution in [2.24, 2.45) is 0 Å². The number of aryl methyl sites for hydroxylation is 1. The van der Waals surface area contributed by atoms with Crippen LogP contribution in [0.15, 0.2) is 29.3 Å². The Bertz CT molecular complexity index is 755. The minimum atomic E-state index is -3.76. The number of ether oxygens (including phenoxy) is 1. The van der Waals surface area contributed by atoms with E-state index in [1.807, 2.05) is 12.1 Å². The third-order valence-electron chi connectivity index (χ3n) is 3.56. The van der Waals surface area contributed by atoms with E-state index in [0.717, 1.165) is 18.4 Å². The number of nitrogens with zero attached hydrogens (tertiary/aromatic N) is 2. The Balaban J connectivity index is 2.17. The molecule has 3 N–H and O–H groups in total. The Morgan fingerprint density at radius 3 is 2.90 bits per heavy atom. The predicted molar refractivity (Wildman–Crippen MR) is 78.8 cm³/mol. The van der Waals surface area contributed by atoms with Crippen LogP contribution in [-0.4, -0.2) is 32.3 Å². The molecule has 0 saturated heterocycles.